The molecule has 29 heavy (non-hydrogen) atoms. The Morgan fingerprint density at radius 1 is 0.966 bits per heavy atom. The number of carbonyl (C=O) groups is 1. The van der Waals surface area contributed by atoms with E-state index in [4.69, 9.17) is 9.47 Å². The van der Waals surface area contributed by atoms with Crippen molar-refractivity contribution in [3.05, 3.63) is 60.4 Å². The van der Waals surface area contributed by atoms with Crippen molar-refractivity contribution in [1.29, 1.82) is 0 Å². The average molecular weight is 393 g/mol. The van der Waals surface area contributed by atoms with Crippen molar-refractivity contribution in [2.45, 2.75) is 0 Å². The molecule has 0 saturated heterocycles. The number of carbonyl (C=O) groups excluding carboxylic acids is 1. The third-order valence-electron chi connectivity index (χ3n) is 4.21. The highest BCUT2D eigenvalue weighted by molar-refractivity contribution is 6.04. The zero-order valence-electron chi connectivity index (χ0n) is 16.8. The number of methoxy groups -OCH3 is 2. The van der Waals surface area contributed by atoms with Gasteiger partial charge in [0.25, 0.3) is 5.91 Å². The molecule has 3 aromatic rings. The minimum absolute atomic E-state index is 0.323. The first-order chi connectivity index (χ1) is 14.0. The van der Waals surface area contributed by atoms with Crippen LogP contribution in [0.5, 0.6) is 11.5 Å². The van der Waals surface area contributed by atoms with Crippen LogP contribution in [0.25, 0.3) is 0 Å². The van der Waals surface area contributed by atoms with Crippen molar-refractivity contribution < 1.29 is 14.3 Å². The van der Waals surface area contributed by atoms with E-state index in [-0.39, 0.29) is 5.91 Å². The number of nitrogens with zero attached hydrogens (tertiary/aromatic N) is 3. The molecule has 2 N–H and O–H groups in total. The predicted molar refractivity (Wildman–Crippen MR) is 114 cm³/mol. The molecule has 1 aromatic heterocycles. The van der Waals surface area contributed by atoms with Crippen LogP contribution in [0.4, 0.5) is 23.0 Å². The Morgan fingerprint density at radius 3 is 2.24 bits per heavy atom. The van der Waals surface area contributed by atoms with Crippen LogP contribution in [0.2, 0.25) is 0 Å². The normalized spacial score (nSPS) is 10.2. The van der Waals surface area contributed by atoms with Crippen molar-refractivity contribution in [1.82, 2.24) is 9.97 Å². The molecule has 8 heteroatoms. The summed E-state index contributed by atoms with van der Waals surface area (Å²) in [6, 6.07) is 13.0. The fraction of sp³-hybridized carbons (Fsp3) is 0.190. The van der Waals surface area contributed by atoms with Crippen LogP contribution in [0.1, 0.15) is 10.4 Å². The molecule has 0 spiro atoms. The smallest absolute Gasteiger partial charge is 0.258 e. The molecule has 0 aliphatic carbocycles. The maximum Gasteiger partial charge on any atom is 0.258 e. The highest BCUT2D eigenvalue weighted by Crippen LogP contribution is 2.29. The molecule has 3 rings (SSSR count). The first kappa shape index (κ1) is 19.9. The standard InChI is InChI=1S/C21H23N5O3/c1-26(2)16-7-5-15(6-8-16)24-21-22-12-14(13-23-21)20(27)25-18-11-17(28-3)9-10-19(18)29-4/h5-13H,1-4H3,(H,25,27)(H,22,23,24). The van der Waals surface area contributed by atoms with Gasteiger partial charge in [-0.3, -0.25) is 4.79 Å². The number of ether oxygens (including phenoxy) is 2. The summed E-state index contributed by atoms with van der Waals surface area (Å²) in [6.07, 6.45) is 2.93. The Labute approximate surface area is 169 Å². The van der Waals surface area contributed by atoms with Gasteiger partial charge in [0.15, 0.2) is 0 Å². The van der Waals surface area contributed by atoms with Crippen LogP contribution in [-0.4, -0.2) is 44.2 Å². The zero-order valence-corrected chi connectivity index (χ0v) is 16.8. The van der Waals surface area contributed by atoms with E-state index in [0.29, 0.717) is 28.7 Å². The van der Waals surface area contributed by atoms with E-state index in [2.05, 4.69) is 20.6 Å². The first-order valence-corrected chi connectivity index (χ1v) is 8.90. The largest absolute Gasteiger partial charge is 0.497 e. The Hall–Kier alpha value is -3.81. The molecule has 8 nitrogen and oxygen atoms in total. The van der Waals surface area contributed by atoms with Gasteiger partial charge in [-0.2, -0.15) is 0 Å². The first-order valence-electron chi connectivity index (χ1n) is 8.90. The lowest BCUT2D eigenvalue weighted by atomic mass is 10.2. The molecular weight excluding hydrogens is 370 g/mol. The summed E-state index contributed by atoms with van der Waals surface area (Å²) >= 11 is 0. The molecule has 0 fully saturated rings. The van der Waals surface area contributed by atoms with E-state index in [1.165, 1.54) is 19.5 Å². The van der Waals surface area contributed by atoms with Gasteiger partial charge in [0.1, 0.15) is 11.5 Å². The molecule has 1 amide bonds. The maximum absolute atomic E-state index is 12.5. The fourth-order valence-electron chi connectivity index (χ4n) is 2.59. The van der Waals surface area contributed by atoms with Crippen molar-refractivity contribution in [2.75, 3.05) is 43.8 Å². The molecule has 0 bridgehead atoms. The van der Waals surface area contributed by atoms with Crippen LogP contribution >= 0.6 is 0 Å². The summed E-state index contributed by atoms with van der Waals surface area (Å²) in [4.78, 5) is 23.0. The molecule has 0 radical (unpaired) electrons. The summed E-state index contributed by atoms with van der Waals surface area (Å²) < 4.78 is 10.5. The molecule has 1 heterocycles. The molecule has 0 aliphatic heterocycles. The maximum atomic E-state index is 12.5. The SMILES string of the molecule is COc1ccc(OC)c(NC(=O)c2cnc(Nc3ccc(N(C)C)cc3)nc2)c1. The number of anilines is 4. The van der Waals surface area contributed by atoms with Crippen molar-refractivity contribution in [3.63, 3.8) is 0 Å². The van der Waals surface area contributed by atoms with Crippen LogP contribution in [0, 0.1) is 0 Å². The molecule has 150 valence electrons. The Kier molecular flexibility index (Phi) is 6.13. The number of amides is 1. The summed E-state index contributed by atoms with van der Waals surface area (Å²) in [7, 11) is 7.06. The summed E-state index contributed by atoms with van der Waals surface area (Å²) in [5, 5.41) is 5.90. The predicted octanol–water partition coefficient (Wildman–Crippen LogP) is 3.56. The van der Waals surface area contributed by atoms with Gasteiger partial charge in [-0.25, -0.2) is 9.97 Å². The Morgan fingerprint density at radius 2 is 1.66 bits per heavy atom. The lowest BCUT2D eigenvalue weighted by Gasteiger charge is -2.13. The summed E-state index contributed by atoms with van der Waals surface area (Å²) in [5.74, 6) is 1.19. The highest BCUT2D eigenvalue weighted by atomic mass is 16.5. The second-order valence-electron chi connectivity index (χ2n) is 6.38. The van der Waals surface area contributed by atoms with E-state index in [9.17, 15) is 4.79 Å². The fourth-order valence-corrected chi connectivity index (χ4v) is 2.59. The highest BCUT2D eigenvalue weighted by Gasteiger charge is 2.12. The number of rotatable bonds is 7. The molecule has 2 aromatic carbocycles. The quantitative estimate of drug-likeness (QED) is 0.634. The second-order valence-corrected chi connectivity index (χ2v) is 6.38. The second kappa shape index (κ2) is 8.92. The number of hydrogen-bond donors (Lipinski definition) is 2. The summed E-state index contributed by atoms with van der Waals surface area (Å²) in [5.41, 5.74) is 2.77. The number of benzene rings is 2. The van der Waals surface area contributed by atoms with Gasteiger partial charge in [0, 0.05) is 43.9 Å². The molecule has 0 aliphatic rings. The molecule has 0 saturated carbocycles. The molecule has 0 unspecified atom stereocenters. The van der Waals surface area contributed by atoms with E-state index in [0.717, 1.165) is 11.4 Å². The van der Waals surface area contributed by atoms with Crippen molar-refractivity contribution in [3.8, 4) is 11.5 Å². The Balaban J connectivity index is 1.69. The third-order valence-corrected chi connectivity index (χ3v) is 4.21. The minimum Gasteiger partial charge on any atom is -0.497 e. The van der Waals surface area contributed by atoms with E-state index in [1.807, 2.05) is 43.3 Å². The zero-order chi connectivity index (χ0) is 20.8. The van der Waals surface area contributed by atoms with Gasteiger partial charge in [-0.1, -0.05) is 0 Å². The van der Waals surface area contributed by atoms with Crippen LogP contribution in [0.3, 0.4) is 0 Å². The van der Waals surface area contributed by atoms with Gasteiger partial charge in [0.2, 0.25) is 5.95 Å². The third kappa shape index (κ3) is 4.92. The van der Waals surface area contributed by atoms with Crippen LogP contribution in [-0.2, 0) is 0 Å². The Bertz CT molecular complexity index is 973. The van der Waals surface area contributed by atoms with Gasteiger partial charge >= 0.3 is 0 Å². The van der Waals surface area contributed by atoms with E-state index < -0.39 is 0 Å². The minimum atomic E-state index is -0.349. The van der Waals surface area contributed by atoms with E-state index >= 15 is 0 Å². The van der Waals surface area contributed by atoms with Crippen molar-refractivity contribution in [2.24, 2.45) is 0 Å². The average Bonchev–Trinajstić information content (AvgIpc) is 2.74. The lowest BCUT2D eigenvalue weighted by Crippen LogP contribution is -2.14. The van der Waals surface area contributed by atoms with Crippen molar-refractivity contribution >= 4 is 28.9 Å². The van der Waals surface area contributed by atoms with Crippen LogP contribution < -0.4 is 25.0 Å². The van der Waals surface area contributed by atoms with Gasteiger partial charge in [-0.05, 0) is 36.4 Å². The van der Waals surface area contributed by atoms with E-state index in [1.54, 1.807) is 25.3 Å². The van der Waals surface area contributed by atoms with Gasteiger partial charge in [-0.15, -0.1) is 0 Å². The number of nitrogens with one attached hydrogen (secondary N) is 2. The topological polar surface area (TPSA) is 88.6 Å². The monoisotopic (exact) mass is 393 g/mol. The molecular formula is C21H23N5O3. The van der Waals surface area contributed by atoms with Crippen LogP contribution in [0.15, 0.2) is 54.9 Å². The lowest BCUT2D eigenvalue weighted by molar-refractivity contribution is 0.102. The van der Waals surface area contributed by atoms with Gasteiger partial charge < -0.3 is 25.0 Å². The van der Waals surface area contributed by atoms with Gasteiger partial charge in [0.05, 0.1) is 25.5 Å². The number of hydrogen-bond acceptors (Lipinski definition) is 7. The molecule has 0 atom stereocenters. The number of aromatic nitrogens is 2. The summed E-state index contributed by atoms with van der Waals surface area (Å²) in [6.45, 7) is 0.